The minimum absolute atomic E-state index is 0.00427. The van der Waals surface area contributed by atoms with Gasteiger partial charge in [-0.05, 0) is 59.1 Å². The molecule has 0 fully saturated rings. The van der Waals surface area contributed by atoms with E-state index in [1.807, 2.05) is 61.5 Å². The van der Waals surface area contributed by atoms with Gasteiger partial charge in [-0.3, -0.25) is 19.3 Å². The molecule has 4 rings (SSSR count). The number of benzene rings is 3. The number of rotatable bonds is 10. The predicted octanol–water partition coefficient (Wildman–Crippen LogP) is 3.60. The van der Waals surface area contributed by atoms with E-state index in [0.29, 0.717) is 17.0 Å². The summed E-state index contributed by atoms with van der Waals surface area (Å²) < 4.78 is 9.28. The first-order valence-corrected chi connectivity index (χ1v) is 13.1. The smallest absolute Gasteiger partial charge is 0.273 e. The van der Waals surface area contributed by atoms with Crippen molar-refractivity contribution < 1.29 is 19.1 Å². The van der Waals surface area contributed by atoms with Gasteiger partial charge in [0.25, 0.3) is 11.8 Å². The van der Waals surface area contributed by atoms with E-state index < -0.39 is 23.8 Å². The molecule has 0 aliphatic heterocycles. The summed E-state index contributed by atoms with van der Waals surface area (Å²) in [4.78, 5) is 43.2. The molecule has 0 saturated heterocycles. The molecular formula is C29H30N6O4S. The molecular weight excluding hydrogens is 528 g/mol. The molecule has 0 bridgehead atoms. The summed E-state index contributed by atoms with van der Waals surface area (Å²) >= 11 is 0.754. The van der Waals surface area contributed by atoms with Crippen LogP contribution in [0.3, 0.4) is 0 Å². The van der Waals surface area contributed by atoms with Gasteiger partial charge in [-0.25, -0.2) is 0 Å². The zero-order chi connectivity index (χ0) is 28.8. The van der Waals surface area contributed by atoms with E-state index in [-0.39, 0.29) is 22.8 Å². The number of carbonyl (C=O) groups excluding carboxylic acids is 3. The van der Waals surface area contributed by atoms with Gasteiger partial charge in [0.15, 0.2) is 5.69 Å². The third-order valence-corrected chi connectivity index (χ3v) is 7.12. The van der Waals surface area contributed by atoms with E-state index in [4.69, 9.17) is 16.2 Å². The van der Waals surface area contributed by atoms with Crippen LogP contribution in [0.1, 0.15) is 37.3 Å². The van der Waals surface area contributed by atoms with E-state index in [0.717, 1.165) is 22.8 Å². The summed E-state index contributed by atoms with van der Waals surface area (Å²) in [5, 5.41) is 2.97. The van der Waals surface area contributed by atoms with Crippen molar-refractivity contribution in [1.29, 1.82) is 0 Å². The van der Waals surface area contributed by atoms with Gasteiger partial charge in [0, 0.05) is 32.0 Å². The molecule has 0 aliphatic rings. The van der Waals surface area contributed by atoms with Gasteiger partial charge in [-0.2, -0.15) is 4.37 Å². The van der Waals surface area contributed by atoms with Crippen LogP contribution < -0.4 is 31.3 Å². The molecule has 1 unspecified atom stereocenters. The molecule has 11 heteroatoms. The lowest BCUT2D eigenvalue weighted by Crippen LogP contribution is -2.44. The number of nitrogens with zero attached hydrogens (tertiary/aromatic N) is 3. The predicted molar refractivity (Wildman–Crippen MR) is 157 cm³/mol. The highest BCUT2D eigenvalue weighted by Gasteiger charge is 2.36. The highest BCUT2D eigenvalue weighted by molar-refractivity contribution is 7.09. The van der Waals surface area contributed by atoms with Crippen LogP contribution in [0.4, 0.5) is 17.1 Å². The molecule has 1 heterocycles. The van der Waals surface area contributed by atoms with Crippen LogP contribution in [-0.2, 0) is 11.3 Å². The van der Waals surface area contributed by atoms with Crippen molar-refractivity contribution in [2.45, 2.75) is 12.6 Å². The first-order chi connectivity index (χ1) is 19.2. The van der Waals surface area contributed by atoms with Crippen molar-refractivity contribution in [2.24, 2.45) is 5.73 Å². The number of methoxy groups -OCH3 is 1. The summed E-state index contributed by atoms with van der Waals surface area (Å²) in [5.41, 5.74) is 14.0. The fraction of sp³-hybridized carbons (Fsp3) is 0.172. The molecule has 0 aliphatic carbocycles. The Morgan fingerprint density at radius 2 is 1.57 bits per heavy atom. The Kier molecular flexibility index (Phi) is 8.65. The first kappa shape index (κ1) is 28.1. The summed E-state index contributed by atoms with van der Waals surface area (Å²) in [6.45, 7) is 0.255. The zero-order valence-corrected chi connectivity index (χ0v) is 23.1. The molecule has 0 saturated carbocycles. The second kappa shape index (κ2) is 12.3. The highest BCUT2D eigenvalue weighted by Crippen LogP contribution is 2.34. The van der Waals surface area contributed by atoms with Crippen LogP contribution in [0.15, 0.2) is 78.9 Å². The molecule has 5 N–H and O–H groups in total. The third kappa shape index (κ3) is 6.05. The normalized spacial score (nSPS) is 11.4. The van der Waals surface area contributed by atoms with Crippen molar-refractivity contribution in [3.63, 3.8) is 0 Å². The maximum absolute atomic E-state index is 14.2. The fourth-order valence-electron chi connectivity index (χ4n) is 4.12. The minimum Gasteiger partial charge on any atom is -0.497 e. The highest BCUT2D eigenvalue weighted by atomic mass is 32.1. The lowest BCUT2D eigenvalue weighted by Gasteiger charge is -2.31. The van der Waals surface area contributed by atoms with E-state index in [9.17, 15) is 14.4 Å². The number of nitrogen functional groups attached to an aromatic ring is 1. The van der Waals surface area contributed by atoms with Crippen LogP contribution in [0, 0.1) is 0 Å². The summed E-state index contributed by atoms with van der Waals surface area (Å²) in [6.07, 6.45) is 0. The van der Waals surface area contributed by atoms with Gasteiger partial charge >= 0.3 is 0 Å². The molecule has 1 aromatic heterocycles. The molecule has 0 spiro atoms. The maximum atomic E-state index is 14.2. The van der Waals surface area contributed by atoms with Gasteiger partial charge in [0.1, 0.15) is 16.7 Å². The van der Waals surface area contributed by atoms with Crippen LogP contribution in [-0.4, -0.2) is 43.3 Å². The molecule has 40 heavy (non-hydrogen) atoms. The molecule has 206 valence electrons. The monoisotopic (exact) mass is 558 g/mol. The first-order valence-electron chi connectivity index (χ1n) is 12.3. The number of ether oxygens (including phenoxy) is 1. The van der Waals surface area contributed by atoms with Gasteiger partial charge in [-0.15, -0.1) is 0 Å². The van der Waals surface area contributed by atoms with Crippen LogP contribution >= 0.6 is 11.5 Å². The van der Waals surface area contributed by atoms with E-state index >= 15 is 0 Å². The molecule has 10 nitrogen and oxygen atoms in total. The standard InChI is InChI=1S/C29H30N6O4S/c1-34(2)20-11-9-19(10-12-20)25(28(37)32-17-18-7-5-4-6-8-18)35(21-13-15-22(39-3)16-14-21)29(38)26-23(30)24(27(31)36)33-40-26/h4-16,25H,17,30H2,1-3H3,(H2,31,36)(H,32,37). The largest absolute Gasteiger partial charge is 0.497 e. The van der Waals surface area contributed by atoms with Crippen molar-refractivity contribution >= 4 is 46.3 Å². The fourth-order valence-corrected chi connectivity index (χ4v) is 4.86. The summed E-state index contributed by atoms with van der Waals surface area (Å²) in [5.74, 6) is -1.29. The lowest BCUT2D eigenvalue weighted by atomic mass is 10.0. The molecule has 0 radical (unpaired) electrons. The SMILES string of the molecule is COc1ccc(N(C(=O)c2snc(C(N)=O)c2N)C(C(=O)NCc2ccccc2)c2ccc(N(C)C)cc2)cc1. The second-order valence-corrected chi connectivity index (χ2v) is 9.88. The van der Waals surface area contributed by atoms with Crippen molar-refractivity contribution in [3.05, 3.63) is 101 Å². The van der Waals surface area contributed by atoms with Crippen LogP contribution in [0.25, 0.3) is 0 Å². The Balaban J connectivity index is 1.84. The molecule has 3 aromatic carbocycles. The molecule has 1 atom stereocenters. The number of primary amides is 1. The number of nitrogens with two attached hydrogens (primary N) is 2. The van der Waals surface area contributed by atoms with Crippen molar-refractivity contribution in [1.82, 2.24) is 9.69 Å². The Hall–Kier alpha value is -4.90. The second-order valence-electron chi connectivity index (χ2n) is 9.10. The van der Waals surface area contributed by atoms with E-state index in [2.05, 4.69) is 9.69 Å². The minimum atomic E-state index is -1.10. The van der Waals surface area contributed by atoms with Gasteiger partial charge in [0.05, 0.1) is 12.8 Å². The zero-order valence-electron chi connectivity index (χ0n) is 22.3. The number of aromatic nitrogens is 1. The number of hydrogen-bond donors (Lipinski definition) is 3. The Morgan fingerprint density at radius 1 is 0.950 bits per heavy atom. The van der Waals surface area contributed by atoms with Crippen molar-refractivity contribution in [3.8, 4) is 5.75 Å². The van der Waals surface area contributed by atoms with Gasteiger partial charge in [0.2, 0.25) is 5.91 Å². The van der Waals surface area contributed by atoms with Crippen molar-refractivity contribution in [2.75, 3.05) is 36.7 Å². The molecule has 3 amide bonds. The number of amides is 3. The van der Waals surface area contributed by atoms with Crippen LogP contribution in [0.2, 0.25) is 0 Å². The number of hydrogen-bond acceptors (Lipinski definition) is 8. The number of anilines is 3. The van der Waals surface area contributed by atoms with Gasteiger partial charge < -0.3 is 26.4 Å². The topological polar surface area (TPSA) is 144 Å². The number of nitrogens with one attached hydrogen (secondary N) is 1. The molecule has 4 aromatic rings. The Labute approximate surface area is 236 Å². The lowest BCUT2D eigenvalue weighted by molar-refractivity contribution is -0.122. The Morgan fingerprint density at radius 3 is 2.12 bits per heavy atom. The van der Waals surface area contributed by atoms with Gasteiger partial charge in [-0.1, -0.05) is 42.5 Å². The average molecular weight is 559 g/mol. The van der Waals surface area contributed by atoms with E-state index in [1.165, 1.54) is 12.0 Å². The van der Waals surface area contributed by atoms with Crippen LogP contribution in [0.5, 0.6) is 5.75 Å². The van der Waals surface area contributed by atoms with E-state index in [1.54, 1.807) is 36.4 Å². The third-order valence-electron chi connectivity index (χ3n) is 6.27. The summed E-state index contributed by atoms with van der Waals surface area (Å²) in [6, 6.07) is 22.4. The maximum Gasteiger partial charge on any atom is 0.273 e. The Bertz CT molecular complexity index is 1490. The summed E-state index contributed by atoms with van der Waals surface area (Å²) in [7, 11) is 5.36. The number of carbonyl (C=O) groups is 3. The average Bonchev–Trinajstić information content (AvgIpc) is 3.36. The quantitative estimate of drug-likeness (QED) is 0.270.